The zero-order valence-electron chi connectivity index (χ0n) is 20.2. The Morgan fingerprint density at radius 1 is 1.26 bits per heavy atom. The molecule has 7 nitrogen and oxygen atoms in total. The van der Waals surface area contributed by atoms with Crippen LogP contribution in [0.1, 0.15) is 60.8 Å². The second-order valence-electron chi connectivity index (χ2n) is 9.30. The highest BCUT2D eigenvalue weighted by atomic mass is 35.5. The Hall–Kier alpha value is -2.55. The standard InChI is InChI=1S/C26H28ClN3O4S/c1-14(2)34-26(32)21-9-18-15(3)35-23-11-19(16-12-28-29(13-16)7-8-33-4)22(27)10-20(23)24(18)30(25(21)31)17-5-6-17/h9-15,17H,5-8H2,1-4H3. The second kappa shape index (κ2) is 9.48. The van der Waals surface area contributed by atoms with Gasteiger partial charge in [0.1, 0.15) is 5.56 Å². The van der Waals surface area contributed by atoms with Gasteiger partial charge in [0, 0.05) is 51.2 Å². The number of ether oxygens (including phenoxy) is 2. The molecule has 1 atom stereocenters. The van der Waals surface area contributed by atoms with Gasteiger partial charge in [0.25, 0.3) is 5.56 Å². The zero-order valence-corrected chi connectivity index (χ0v) is 21.8. The zero-order chi connectivity index (χ0) is 24.9. The molecule has 1 aliphatic carbocycles. The van der Waals surface area contributed by atoms with E-state index in [0.29, 0.717) is 18.2 Å². The van der Waals surface area contributed by atoms with Crippen molar-refractivity contribution in [1.82, 2.24) is 14.3 Å². The van der Waals surface area contributed by atoms with E-state index in [-0.39, 0.29) is 28.5 Å². The summed E-state index contributed by atoms with van der Waals surface area (Å²) < 4.78 is 14.2. The number of methoxy groups -OCH3 is 1. The van der Waals surface area contributed by atoms with Crippen molar-refractivity contribution in [3.05, 3.63) is 57.1 Å². The van der Waals surface area contributed by atoms with Crippen molar-refractivity contribution < 1.29 is 14.3 Å². The number of thioether (sulfide) groups is 1. The molecule has 1 fully saturated rings. The number of carbonyl (C=O) groups excluding carboxylic acids is 1. The highest BCUT2D eigenvalue weighted by molar-refractivity contribution is 7.99. The minimum Gasteiger partial charge on any atom is -0.459 e. The van der Waals surface area contributed by atoms with E-state index in [1.165, 1.54) is 0 Å². The summed E-state index contributed by atoms with van der Waals surface area (Å²) >= 11 is 8.51. The van der Waals surface area contributed by atoms with Gasteiger partial charge in [0.2, 0.25) is 0 Å². The minimum atomic E-state index is -0.566. The Kier molecular flexibility index (Phi) is 6.55. The van der Waals surface area contributed by atoms with Crippen LogP contribution in [0, 0.1) is 0 Å². The molecule has 5 rings (SSSR count). The summed E-state index contributed by atoms with van der Waals surface area (Å²) in [6.45, 7) is 6.90. The van der Waals surface area contributed by atoms with Gasteiger partial charge in [0.15, 0.2) is 0 Å². The molecule has 1 aliphatic heterocycles. The molecule has 0 bridgehead atoms. The lowest BCUT2D eigenvalue weighted by molar-refractivity contribution is 0.0375. The second-order valence-corrected chi connectivity index (χ2v) is 11.1. The highest BCUT2D eigenvalue weighted by Gasteiger charge is 2.35. The van der Waals surface area contributed by atoms with E-state index in [0.717, 1.165) is 45.7 Å². The van der Waals surface area contributed by atoms with Crippen molar-refractivity contribution >= 4 is 29.3 Å². The van der Waals surface area contributed by atoms with Gasteiger partial charge in [-0.15, -0.1) is 11.8 Å². The van der Waals surface area contributed by atoms with Crippen LogP contribution in [0.2, 0.25) is 5.02 Å². The molecule has 184 valence electrons. The molecular weight excluding hydrogens is 486 g/mol. The van der Waals surface area contributed by atoms with Crippen molar-refractivity contribution in [3.63, 3.8) is 0 Å². The highest BCUT2D eigenvalue weighted by Crippen LogP contribution is 2.52. The van der Waals surface area contributed by atoms with Gasteiger partial charge in [0.05, 0.1) is 31.1 Å². The van der Waals surface area contributed by atoms with Crippen LogP contribution in [0.4, 0.5) is 0 Å². The number of carbonyl (C=O) groups is 1. The molecule has 35 heavy (non-hydrogen) atoms. The maximum atomic E-state index is 13.5. The third kappa shape index (κ3) is 4.55. The third-order valence-electron chi connectivity index (χ3n) is 6.27. The Balaban J connectivity index is 1.63. The van der Waals surface area contributed by atoms with E-state index < -0.39 is 5.97 Å². The predicted molar refractivity (Wildman–Crippen MR) is 137 cm³/mol. The van der Waals surface area contributed by atoms with E-state index in [1.54, 1.807) is 49.5 Å². The lowest BCUT2D eigenvalue weighted by Crippen LogP contribution is -2.31. The number of benzene rings is 1. The molecule has 3 heterocycles. The van der Waals surface area contributed by atoms with Crippen molar-refractivity contribution in [3.8, 4) is 22.4 Å². The van der Waals surface area contributed by atoms with Crippen LogP contribution >= 0.6 is 23.4 Å². The summed E-state index contributed by atoms with van der Waals surface area (Å²) in [7, 11) is 1.67. The number of rotatable bonds is 7. The van der Waals surface area contributed by atoms with Crippen LogP contribution < -0.4 is 5.56 Å². The molecule has 0 amide bonds. The first-order chi connectivity index (χ1) is 16.8. The number of fused-ring (bicyclic) bond motifs is 3. The van der Waals surface area contributed by atoms with E-state index in [2.05, 4.69) is 18.1 Å². The first-order valence-corrected chi connectivity index (χ1v) is 13.1. The van der Waals surface area contributed by atoms with Crippen LogP contribution in [0.5, 0.6) is 0 Å². The van der Waals surface area contributed by atoms with Gasteiger partial charge in [-0.1, -0.05) is 11.6 Å². The average molecular weight is 514 g/mol. The van der Waals surface area contributed by atoms with Crippen LogP contribution in [0.3, 0.4) is 0 Å². The Morgan fingerprint density at radius 3 is 2.71 bits per heavy atom. The molecule has 1 unspecified atom stereocenters. The summed E-state index contributed by atoms with van der Waals surface area (Å²) in [4.78, 5) is 27.3. The fraction of sp³-hybridized carbons (Fsp3) is 0.423. The molecule has 3 aromatic rings. The van der Waals surface area contributed by atoms with Crippen LogP contribution in [0.15, 0.2) is 40.3 Å². The van der Waals surface area contributed by atoms with Gasteiger partial charge in [-0.25, -0.2) is 4.79 Å². The maximum Gasteiger partial charge on any atom is 0.344 e. The topological polar surface area (TPSA) is 75.3 Å². The maximum absolute atomic E-state index is 13.5. The number of halogens is 1. The molecule has 0 radical (unpaired) electrons. The normalized spacial score (nSPS) is 16.8. The molecule has 2 aromatic heterocycles. The largest absolute Gasteiger partial charge is 0.459 e. The van der Waals surface area contributed by atoms with Crippen LogP contribution in [-0.4, -0.2) is 40.1 Å². The van der Waals surface area contributed by atoms with Crippen LogP contribution in [0.25, 0.3) is 22.4 Å². The van der Waals surface area contributed by atoms with E-state index in [4.69, 9.17) is 21.1 Å². The number of esters is 1. The van der Waals surface area contributed by atoms with Crippen molar-refractivity contribution in [2.24, 2.45) is 0 Å². The van der Waals surface area contributed by atoms with Crippen molar-refractivity contribution in [2.45, 2.75) is 62.4 Å². The van der Waals surface area contributed by atoms with Crippen molar-refractivity contribution in [2.75, 3.05) is 13.7 Å². The van der Waals surface area contributed by atoms with Gasteiger partial charge in [-0.2, -0.15) is 5.10 Å². The van der Waals surface area contributed by atoms with Crippen molar-refractivity contribution in [1.29, 1.82) is 0 Å². The third-order valence-corrected chi connectivity index (χ3v) is 7.78. The SMILES string of the molecule is COCCn1cc(-c2cc3c(cc2Cl)-c2c(cc(C(=O)OC(C)C)c(=O)n2C2CC2)C(C)S3)cn1. The summed E-state index contributed by atoms with van der Waals surface area (Å²) in [6.07, 6.45) is 5.30. The monoisotopic (exact) mass is 513 g/mol. The number of nitrogens with zero attached hydrogens (tertiary/aromatic N) is 3. The molecule has 1 aromatic carbocycles. The first-order valence-electron chi connectivity index (χ1n) is 11.8. The lowest BCUT2D eigenvalue weighted by Gasteiger charge is -2.29. The van der Waals surface area contributed by atoms with Crippen LogP contribution in [-0.2, 0) is 16.0 Å². The first kappa shape index (κ1) is 24.2. The fourth-order valence-corrected chi connectivity index (χ4v) is 5.91. The summed E-state index contributed by atoms with van der Waals surface area (Å²) in [5.74, 6) is -0.566. The van der Waals surface area contributed by atoms with E-state index >= 15 is 0 Å². The molecule has 9 heteroatoms. The number of pyridine rings is 1. The Bertz CT molecular complexity index is 1360. The smallest absolute Gasteiger partial charge is 0.344 e. The molecule has 0 spiro atoms. The minimum absolute atomic E-state index is 0.0483. The lowest BCUT2D eigenvalue weighted by atomic mass is 9.97. The molecule has 2 aliphatic rings. The molecular formula is C26H28ClN3O4S. The molecule has 0 N–H and O–H groups in total. The van der Waals surface area contributed by atoms with Gasteiger partial charge >= 0.3 is 5.97 Å². The quantitative estimate of drug-likeness (QED) is 0.375. The average Bonchev–Trinajstić information content (AvgIpc) is 3.53. The van der Waals surface area contributed by atoms with Gasteiger partial charge < -0.3 is 14.0 Å². The summed E-state index contributed by atoms with van der Waals surface area (Å²) in [5.41, 5.74) is 4.39. The van der Waals surface area contributed by atoms with E-state index in [9.17, 15) is 9.59 Å². The summed E-state index contributed by atoms with van der Waals surface area (Å²) in [6, 6.07) is 5.84. The number of hydrogen-bond donors (Lipinski definition) is 0. The number of aromatic nitrogens is 3. The molecule has 1 saturated carbocycles. The fourth-order valence-electron chi connectivity index (χ4n) is 4.48. The van der Waals surface area contributed by atoms with Gasteiger partial charge in [-0.3, -0.25) is 9.48 Å². The Labute approximate surface area is 213 Å². The van der Waals surface area contributed by atoms with Gasteiger partial charge in [-0.05, 0) is 57.4 Å². The number of hydrogen-bond acceptors (Lipinski definition) is 6. The Morgan fingerprint density at radius 2 is 2.03 bits per heavy atom. The molecule has 0 saturated heterocycles. The predicted octanol–water partition coefficient (Wildman–Crippen LogP) is 5.75. The summed E-state index contributed by atoms with van der Waals surface area (Å²) in [5, 5.41) is 5.06. The van der Waals surface area contributed by atoms with E-state index in [1.807, 2.05) is 16.9 Å².